The normalized spacial score (nSPS) is 10.6. The number of fused-ring (bicyclic) bond motifs is 1. The van der Waals surface area contributed by atoms with Crippen molar-refractivity contribution in [1.82, 2.24) is 9.78 Å². The number of rotatable bonds is 3. The number of hydrogen-bond donors (Lipinski definition) is 1. The van der Waals surface area contributed by atoms with Gasteiger partial charge in [0, 0.05) is 10.9 Å². The molecule has 0 atom stereocenters. The summed E-state index contributed by atoms with van der Waals surface area (Å²) in [6.45, 7) is 0. The van der Waals surface area contributed by atoms with Gasteiger partial charge in [0.15, 0.2) is 5.69 Å². The van der Waals surface area contributed by atoms with Crippen LogP contribution in [0.3, 0.4) is 0 Å². The lowest BCUT2D eigenvalue weighted by molar-refractivity contribution is 0.0595. The number of aromatic nitrogens is 2. The van der Waals surface area contributed by atoms with Crippen molar-refractivity contribution < 1.29 is 14.3 Å². The van der Waals surface area contributed by atoms with Gasteiger partial charge in [0.05, 0.1) is 18.3 Å². The van der Waals surface area contributed by atoms with Crippen molar-refractivity contribution in [2.24, 2.45) is 5.73 Å². The van der Waals surface area contributed by atoms with Gasteiger partial charge in [0.2, 0.25) is 5.91 Å². The molecule has 3 rings (SSSR count). The number of para-hydroxylation sites is 1. The van der Waals surface area contributed by atoms with E-state index in [1.54, 1.807) is 28.9 Å². The number of hydrogen-bond acceptors (Lipinski definition) is 4. The van der Waals surface area contributed by atoms with E-state index in [1.807, 2.05) is 24.3 Å². The fourth-order valence-corrected chi connectivity index (χ4v) is 2.28. The highest BCUT2D eigenvalue weighted by atomic mass is 16.5. The fraction of sp³-hybridized carbons (Fsp3) is 0.0625. The van der Waals surface area contributed by atoms with Crippen LogP contribution in [0.15, 0.2) is 48.5 Å². The molecule has 1 amide bonds. The first-order valence-corrected chi connectivity index (χ1v) is 6.58. The van der Waals surface area contributed by atoms with Crippen LogP contribution in [0.4, 0.5) is 0 Å². The number of esters is 1. The molecule has 0 fully saturated rings. The number of benzene rings is 2. The van der Waals surface area contributed by atoms with Gasteiger partial charge in [-0.25, -0.2) is 9.48 Å². The molecular formula is C16H13N3O3. The van der Waals surface area contributed by atoms with Crippen molar-refractivity contribution in [3.8, 4) is 5.69 Å². The van der Waals surface area contributed by atoms with Crippen LogP contribution in [0.1, 0.15) is 20.8 Å². The first-order chi connectivity index (χ1) is 10.6. The van der Waals surface area contributed by atoms with Crippen molar-refractivity contribution in [2.75, 3.05) is 7.11 Å². The summed E-state index contributed by atoms with van der Waals surface area (Å²) in [4.78, 5) is 23.0. The van der Waals surface area contributed by atoms with Gasteiger partial charge in [0.1, 0.15) is 0 Å². The lowest BCUT2D eigenvalue weighted by Crippen LogP contribution is -2.10. The third kappa shape index (κ3) is 2.20. The number of nitrogens with two attached hydrogens (primary N) is 1. The van der Waals surface area contributed by atoms with Crippen LogP contribution in [-0.4, -0.2) is 28.8 Å². The van der Waals surface area contributed by atoms with Crippen LogP contribution in [0.5, 0.6) is 0 Å². The van der Waals surface area contributed by atoms with Gasteiger partial charge >= 0.3 is 5.97 Å². The van der Waals surface area contributed by atoms with Gasteiger partial charge in [-0.2, -0.15) is 5.10 Å². The van der Waals surface area contributed by atoms with Gasteiger partial charge in [-0.1, -0.05) is 18.2 Å². The number of carbonyl (C=O) groups excluding carboxylic acids is 2. The largest absolute Gasteiger partial charge is 0.464 e. The Morgan fingerprint density at radius 1 is 1.09 bits per heavy atom. The van der Waals surface area contributed by atoms with Crippen LogP contribution < -0.4 is 5.73 Å². The van der Waals surface area contributed by atoms with E-state index in [9.17, 15) is 9.59 Å². The highest BCUT2D eigenvalue weighted by Gasteiger charge is 2.18. The Bertz CT molecular complexity index is 866. The average molecular weight is 295 g/mol. The number of nitrogens with zero attached hydrogens (tertiary/aromatic N) is 2. The molecule has 0 radical (unpaired) electrons. The summed E-state index contributed by atoms with van der Waals surface area (Å²) in [5, 5.41) is 5.03. The smallest absolute Gasteiger partial charge is 0.359 e. The first kappa shape index (κ1) is 13.8. The molecule has 1 aromatic heterocycles. The van der Waals surface area contributed by atoms with E-state index in [1.165, 1.54) is 7.11 Å². The number of methoxy groups -OCH3 is 1. The Hall–Kier alpha value is -3.15. The van der Waals surface area contributed by atoms with E-state index < -0.39 is 11.9 Å². The summed E-state index contributed by atoms with van der Waals surface area (Å²) in [6.07, 6.45) is 0. The SMILES string of the molecule is COC(=O)c1nn(-c2ccc(C(N)=O)cc2)c2ccccc12. The van der Waals surface area contributed by atoms with Gasteiger partial charge in [-0.05, 0) is 30.3 Å². The molecule has 0 spiro atoms. The number of carbonyl (C=O) groups is 2. The number of primary amides is 1. The monoisotopic (exact) mass is 295 g/mol. The maximum Gasteiger partial charge on any atom is 0.359 e. The molecule has 0 bridgehead atoms. The molecular weight excluding hydrogens is 282 g/mol. The van der Waals surface area contributed by atoms with Gasteiger partial charge in [0.25, 0.3) is 0 Å². The molecule has 0 aliphatic carbocycles. The van der Waals surface area contributed by atoms with Crippen molar-refractivity contribution in [1.29, 1.82) is 0 Å². The van der Waals surface area contributed by atoms with Crippen LogP contribution in [0, 0.1) is 0 Å². The molecule has 6 nitrogen and oxygen atoms in total. The van der Waals surface area contributed by atoms with Gasteiger partial charge in [-0.3, -0.25) is 4.79 Å². The van der Waals surface area contributed by atoms with E-state index in [4.69, 9.17) is 10.5 Å². The summed E-state index contributed by atoms with van der Waals surface area (Å²) < 4.78 is 6.40. The lowest BCUT2D eigenvalue weighted by Gasteiger charge is -2.04. The second-order valence-corrected chi connectivity index (χ2v) is 4.68. The molecule has 0 aliphatic rings. The minimum absolute atomic E-state index is 0.247. The Balaban J connectivity index is 2.18. The molecule has 110 valence electrons. The quantitative estimate of drug-likeness (QED) is 0.748. The topological polar surface area (TPSA) is 87.2 Å². The maximum atomic E-state index is 11.9. The Kier molecular flexibility index (Phi) is 3.34. The zero-order valence-electron chi connectivity index (χ0n) is 11.8. The molecule has 2 aromatic carbocycles. The molecule has 6 heteroatoms. The highest BCUT2D eigenvalue weighted by Crippen LogP contribution is 2.22. The van der Waals surface area contributed by atoms with Crippen molar-refractivity contribution in [3.05, 3.63) is 59.8 Å². The van der Waals surface area contributed by atoms with Crippen LogP contribution in [0.25, 0.3) is 16.6 Å². The minimum Gasteiger partial charge on any atom is -0.464 e. The van der Waals surface area contributed by atoms with Crippen LogP contribution in [-0.2, 0) is 4.74 Å². The second-order valence-electron chi connectivity index (χ2n) is 4.68. The van der Waals surface area contributed by atoms with E-state index in [2.05, 4.69) is 5.10 Å². The molecule has 0 unspecified atom stereocenters. The molecule has 1 heterocycles. The summed E-state index contributed by atoms with van der Waals surface area (Å²) >= 11 is 0. The Labute approximate surface area is 126 Å². The number of ether oxygens (including phenoxy) is 1. The molecule has 0 saturated heterocycles. The minimum atomic E-state index is -0.497. The average Bonchev–Trinajstić information content (AvgIpc) is 2.94. The lowest BCUT2D eigenvalue weighted by atomic mass is 10.2. The van der Waals surface area contributed by atoms with Crippen molar-refractivity contribution in [3.63, 3.8) is 0 Å². The predicted octanol–water partition coefficient (Wildman–Crippen LogP) is 1.91. The predicted molar refractivity (Wildman–Crippen MR) is 80.9 cm³/mol. The highest BCUT2D eigenvalue weighted by molar-refractivity contribution is 6.02. The van der Waals surface area contributed by atoms with Gasteiger partial charge in [-0.15, -0.1) is 0 Å². The van der Waals surface area contributed by atoms with Gasteiger partial charge < -0.3 is 10.5 Å². The van der Waals surface area contributed by atoms with Crippen molar-refractivity contribution in [2.45, 2.75) is 0 Å². The summed E-state index contributed by atoms with van der Waals surface area (Å²) in [6, 6.07) is 14.0. The molecule has 2 N–H and O–H groups in total. The zero-order chi connectivity index (χ0) is 15.7. The summed E-state index contributed by atoms with van der Waals surface area (Å²) in [5.41, 5.74) is 7.38. The van der Waals surface area contributed by atoms with E-state index in [-0.39, 0.29) is 5.69 Å². The Morgan fingerprint density at radius 2 is 1.77 bits per heavy atom. The third-order valence-corrected chi connectivity index (χ3v) is 3.36. The summed E-state index contributed by atoms with van der Waals surface area (Å²) in [7, 11) is 1.32. The Morgan fingerprint density at radius 3 is 2.41 bits per heavy atom. The fourth-order valence-electron chi connectivity index (χ4n) is 2.28. The van der Waals surface area contributed by atoms with E-state index in [0.29, 0.717) is 10.9 Å². The van der Waals surface area contributed by atoms with Crippen LogP contribution >= 0.6 is 0 Å². The molecule has 3 aromatic rings. The number of amides is 1. The zero-order valence-corrected chi connectivity index (χ0v) is 11.8. The first-order valence-electron chi connectivity index (χ1n) is 6.58. The van der Waals surface area contributed by atoms with E-state index >= 15 is 0 Å². The van der Waals surface area contributed by atoms with Crippen molar-refractivity contribution >= 4 is 22.8 Å². The third-order valence-electron chi connectivity index (χ3n) is 3.36. The molecule has 0 aliphatic heterocycles. The molecule has 22 heavy (non-hydrogen) atoms. The standard InChI is InChI=1S/C16H13N3O3/c1-22-16(21)14-12-4-2-3-5-13(12)19(18-14)11-8-6-10(7-9-11)15(17)20/h2-9H,1H3,(H2,17,20). The van der Waals surface area contributed by atoms with Crippen LogP contribution in [0.2, 0.25) is 0 Å². The second kappa shape index (κ2) is 5.33. The van der Waals surface area contributed by atoms with E-state index in [0.717, 1.165) is 11.2 Å². The maximum absolute atomic E-state index is 11.9. The molecule has 0 saturated carbocycles. The summed E-state index contributed by atoms with van der Waals surface area (Å²) in [5.74, 6) is -0.990.